The Kier molecular flexibility index (Phi) is 2.77. The molecule has 0 aliphatic heterocycles. The van der Waals surface area contributed by atoms with Gasteiger partial charge in [0.15, 0.2) is 5.69 Å². The lowest BCUT2D eigenvalue weighted by atomic mass is 10.2. The molecule has 0 bridgehead atoms. The van der Waals surface area contributed by atoms with Gasteiger partial charge in [0.25, 0.3) is 0 Å². The minimum Gasteiger partial charge on any atom is -0.472 e. The molecule has 2 aromatic heterocycles. The topological polar surface area (TPSA) is 65.2 Å². The maximum atomic E-state index is 11.5. The van der Waals surface area contributed by atoms with Crippen molar-refractivity contribution in [1.29, 1.82) is 0 Å². The van der Waals surface area contributed by atoms with Gasteiger partial charge in [0, 0.05) is 5.56 Å². The van der Waals surface area contributed by atoms with Crippen molar-refractivity contribution in [1.82, 2.24) is 8.75 Å². The molecule has 5 nitrogen and oxygen atoms in total. The van der Waals surface area contributed by atoms with Gasteiger partial charge < -0.3 is 9.15 Å². The molecule has 0 unspecified atom stereocenters. The van der Waals surface area contributed by atoms with Crippen LogP contribution in [0.25, 0.3) is 11.3 Å². The van der Waals surface area contributed by atoms with Crippen molar-refractivity contribution in [2.75, 3.05) is 6.61 Å². The van der Waals surface area contributed by atoms with Gasteiger partial charge in [-0.15, -0.1) is 0 Å². The second-order valence-electron chi connectivity index (χ2n) is 2.69. The summed E-state index contributed by atoms with van der Waals surface area (Å²) in [6.07, 6.45) is 3.03. The van der Waals surface area contributed by atoms with Crippen molar-refractivity contribution in [2.45, 2.75) is 6.92 Å². The van der Waals surface area contributed by atoms with Gasteiger partial charge in [0.2, 0.25) is 0 Å². The lowest BCUT2D eigenvalue weighted by Gasteiger charge is -1.98. The zero-order valence-corrected chi connectivity index (χ0v) is 8.78. The summed E-state index contributed by atoms with van der Waals surface area (Å²) < 4.78 is 17.7. The van der Waals surface area contributed by atoms with Crippen LogP contribution in [0.4, 0.5) is 0 Å². The Morgan fingerprint density at radius 3 is 3.13 bits per heavy atom. The first-order valence-electron chi connectivity index (χ1n) is 4.35. The lowest BCUT2D eigenvalue weighted by Crippen LogP contribution is -2.06. The molecule has 0 saturated carbocycles. The summed E-state index contributed by atoms with van der Waals surface area (Å²) in [5, 5.41) is 0. The van der Waals surface area contributed by atoms with E-state index in [1.165, 1.54) is 12.5 Å². The van der Waals surface area contributed by atoms with E-state index >= 15 is 0 Å². The van der Waals surface area contributed by atoms with Crippen LogP contribution in [-0.4, -0.2) is 21.3 Å². The van der Waals surface area contributed by atoms with Crippen LogP contribution in [0, 0.1) is 0 Å². The number of furan rings is 1. The van der Waals surface area contributed by atoms with Gasteiger partial charge in [-0.05, 0) is 13.0 Å². The molecule has 0 radical (unpaired) electrons. The maximum absolute atomic E-state index is 11.5. The highest BCUT2D eigenvalue weighted by molar-refractivity contribution is 6.99. The molecule has 78 valence electrons. The molecule has 2 rings (SSSR count). The van der Waals surface area contributed by atoms with E-state index in [1.54, 1.807) is 13.0 Å². The van der Waals surface area contributed by atoms with Crippen LogP contribution < -0.4 is 0 Å². The Bertz CT molecular complexity index is 450. The molecule has 2 aromatic rings. The summed E-state index contributed by atoms with van der Waals surface area (Å²) in [7, 11) is 0. The number of carbonyl (C=O) groups excluding carboxylic acids is 1. The van der Waals surface area contributed by atoms with Crippen LogP contribution in [0.2, 0.25) is 0 Å². The standard InChI is InChI=1S/C9H8N2O3S/c1-2-14-9(12)8-7(10-15-11-8)6-3-4-13-5-6/h3-5H,2H2,1H3. The van der Waals surface area contributed by atoms with Gasteiger partial charge in [-0.25, -0.2) is 4.79 Å². The first-order valence-corrected chi connectivity index (χ1v) is 5.08. The molecule has 0 aliphatic carbocycles. The summed E-state index contributed by atoms with van der Waals surface area (Å²) in [4.78, 5) is 11.5. The summed E-state index contributed by atoms with van der Waals surface area (Å²) in [5.41, 5.74) is 1.47. The molecule has 6 heteroatoms. The lowest BCUT2D eigenvalue weighted by molar-refractivity contribution is 0.0521. The zero-order valence-electron chi connectivity index (χ0n) is 7.97. The molecule has 0 aliphatic rings. The number of hydrogen-bond donors (Lipinski definition) is 0. The molecule has 0 aromatic carbocycles. The molecule has 0 saturated heterocycles. The van der Waals surface area contributed by atoms with Crippen LogP contribution in [0.1, 0.15) is 17.4 Å². The second kappa shape index (κ2) is 4.22. The zero-order chi connectivity index (χ0) is 10.7. The SMILES string of the molecule is CCOC(=O)c1nsnc1-c1ccoc1. The summed E-state index contributed by atoms with van der Waals surface area (Å²) in [5.74, 6) is -0.456. The first kappa shape index (κ1) is 9.85. The van der Waals surface area contributed by atoms with Crippen LogP contribution in [0.5, 0.6) is 0 Å². The van der Waals surface area contributed by atoms with E-state index in [1.807, 2.05) is 0 Å². The molecule has 15 heavy (non-hydrogen) atoms. The highest BCUT2D eigenvalue weighted by Crippen LogP contribution is 2.22. The van der Waals surface area contributed by atoms with E-state index in [2.05, 4.69) is 8.75 Å². The molecule has 2 heterocycles. The van der Waals surface area contributed by atoms with E-state index in [0.717, 1.165) is 17.3 Å². The quantitative estimate of drug-likeness (QED) is 0.746. The van der Waals surface area contributed by atoms with Gasteiger partial charge in [0.1, 0.15) is 5.69 Å². The fourth-order valence-corrected chi connectivity index (χ4v) is 1.67. The third-order valence-electron chi connectivity index (χ3n) is 1.75. The Balaban J connectivity index is 2.34. The number of ether oxygens (including phenoxy) is 1. The third-order valence-corrected chi connectivity index (χ3v) is 2.28. The largest absolute Gasteiger partial charge is 0.472 e. The minimum atomic E-state index is -0.456. The van der Waals surface area contributed by atoms with Crippen LogP contribution >= 0.6 is 11.7 Å². The van der Waals surface area contributed by atoms with E-state index in [9.17, 15) is 4.79 Å². The molecule has 0 N–H and O–H groups in total. The number of nitrogens with zero attached hydrogens (tertiary/aromatic N) is 2. The number of aromatic nitrogens is 2. The van der Waals surface area contributed by atoms with Crippen molar-refractivity contribution in [3.8, 4) is 11.3 Å². The summed E-state index contributed by atoms with van der Waals surface area (Å²) in [6.45, 7) is 2.07. The Morgan fingerprint density at radius 1 is 1.60 bits per heavy atom. The molecule has 0 fully saturated rings. The van der Waals surface area contributed by atoms with Crippen LogP contribution in [0.3, 0.4) is 0 Å². The molecule has 0 atom stereocenters. The summed E-state index contributed by atoms with van der Waals surface area (Å²) >= 11 is 0.976. The van der Waals surface area contributed by atoms with Crippen LogP contribution in [-0.2, 0) is 4.74 Å². The maximum Gasteiger partial charge on any atom is 0.360 e. The number of rotatable bonds is 3. The predicted molar refractivity (Wildman–Crippen MR) is 53.6 cm³/mol. The van der Waals surface area contributed by atoms with Gasteiger partial charge >= 0.3 is 5.97 Å². The average Bonchev–Trinajstić information content (AvgIpc) is 2.88. The number of hydrogen-bond acceptors (Lipinski definition) is 6. The Hall–Kier alpha value is -1.69. The molecule has 0 amide bonds. The van der Waals surface area contributed by atoms with E-state index in [0.29, 0.717) is 12.3 Å². The summed E-state index contributed by atoms with van der Waals surface area (Å²) in [6, 6.07) is 1.72. The van der Waals surface area contributed by atoms with E-state index in [4.69, 9.17) is 9.15 Å². The highest BCUT2D eigenvalue weighted by atomic mass is 32.1. The Morgan fingerprint density at radius 2 is 2.47 bits per heavy atom. The fourth-order valence-electron chi connectivity index (χ4n) is 1.11. The number of esters is 1. The van der Waals surface area contributed by atoms with E-state index < -0.39 is 5.97 Å². The van der Waals surface area contributed by atoms with Crippen molar-refractivity contribution >= 4 is 17.7 Å². The molecular weight excluding hydrogens is 216 g/mol. The van der Waals surface area contributed by atoms with Gasteiger partial charge in [-0.3, -0.25) is 0 Å². The first-order chi connectivity index (χ1) is 7.33. The van der Waals surface area contributed by atoms with Crippen molar-refractivity contribution in [3.63, 3.8) is 0 Å². The van der Waals surface area contributed by atoms with Crippen molar-refractivity contribution in [2.24, 2.45) is 0 Å². The minimum absolute atomic E-state index is 0.239. The molecule has 0 spiro atoms. The van der Waals surface area contributed by atoms with E-state index in [-0.39, 0.29) is 5.69 Å². The fraction of sp³-hybridized carbons (Fsp3) is 0.222. The normalized spacial score (nSPS) is 10.2. The monoisotopic (exact) mass is 224 g/mol. The highest BCUT2D eigenvalue weighted by Gasteiger charge is 2.19. The third kappa shape index (κ3) is 1.89. The van der Waals surface area contributed by atoms with Gasteiger partial charge in [-0.2, -0.15) is 8.75 Å². The smallest absolute Gasteiger partial charge is 0.360 e. The van der Waals surface area contributed by atoms with Gasteiger partial charge in [-0.1, -0.05) is 0 Å². The average molecular weight is 224 g/mol. The number of carbonyl (C=O) groups is 1. The van der Waals surface area contributed by atoms with Crippen molar-refractivity contribution in [3.05, 3.63) is 24.3 Å². The van der Waals surface area contributed by atoms with Crippen LogP contribution in [0.15, 0.2) is 23.0 Å². The Labute approximate surface area is 90.0 Å². The molecular formula is C9H8N2O3S. The second-order valence-corrected chi connectivity index (χ2v) is 3.22. The van der Waals surface area contributed by atoms with Crippen molar-refractivity contribution < 1.29 is 13.9 Å². The van der Waals surface area contributed by atoms with Gasteiger partial charge in [0.05, 0.1) is 30.9 Å². The predicted octanol–water partition coefficient (Wildman–Crippen LogP) is 1.97.